The second kappa shape index (κ2) is 6.89. The second-order valence-corrected chi connectivity index (χ2v) is 5.05. The van der Waals surface area contributed by atoms with Crippen molar-refractivity contribution in [3.8, 4) is 11.1 Å². The third kappa shape index (κ3) is 4.06. The molecule has 0 N–H and O–H groups in total. The number of esters is 1. The Labute approximate surface area is 126 Å². The summed E-state index contributed by atoms with van der Waals surface area (Å²) in [4.78, 5) is 11.5. The molecule has 0 bridgehead atoms. The van der Waals surface area contributed by atoms with E-state index in [4.69, 9.17) is 4.74 Å². The highest BCUT2D eigenvalue weighted by molar-refractivity contribution is 5.89. The van der Waals surface area contributed by atoms with E-state index in [1.807, 2.05) is 24.3 Å². The summed E-state index contributed by atoms with van der Waals surface area (Å²) in [5, 5.41) is 0. The molecule has 2 heteroatoms. The van der Waals surface area contributed by atoms with E-state index < -0.39 is 0 Å². The minimum Gasteiger partial charge on any atom is -0.463 e. The van der Waals surface area contributed by atoms with Gasteiger partial charge in [0.25, 0.3) is 0 Å². The standard InChI is InChI=1S/C19H20O2/c1-4-21-19(20)10-9-16-7-5-6-8-18(16)17-12-14(2)11-15(3)13-17/h5-13H,4H2,1-3H3/b10-9+. The van der Waals surface area contributed by atoms with Gasteiger partial charge in [0.15, 0.2) is 0 Å². The van der Waals surface area contributed by atoms with E-state index in [2.05, 4.69) is 38.1 Å². The number of benzene rings is 2. The quantitative estimate of drug-likeness (QED) is 0.607. The number of ether oxygens (including phenoxy) is 1. The number of carbonyl (C=O) groups is 1. The van der Waals surface area contributed by atoms with Gasteiger partial charge in [0, 0.05) is 6.08 Å². The molecule has 2 aromatic rings. The molecule has 0 aliphatic carbocycles. The Morgan fingerprint density at radius 2 is 1.76 bits per heavy atom. The van der Waals surface area contributed by atoms with Gasteiger partial charge in [-0.2, -0.15) is 0 Å². The van der Waals surface area contributed by atoms with Crippen LogP contribution in [0.3, 0.4) is 0 Å². The second-order valence-electron chi connectivity index (χ2n) is 5.05. The lowest BCUT2D eigenvalue weighted by Crippen LogP contribution is -1.98. The summed E-state index contributed by atoms with van der Waals surface area (Å²) in [7, 11) is 0. The highest BCUT2D eigenvalue weighted by atomic mass is 16.5. The number of hydrogen-bond donors (Lipinski definition) is 0. The van der Waals surface area contributed by atoms with Crippen molar-refractivity contribution >= 4 is 12.0 Å². The van der Waals surface area contributed by atoms with Crippen molar-refractivity contribution in [1.82, 2.24) is 0 Å². The van der Waals surface area contributed by atoms with Crippen LogP contribution < -0.4 is 0 Å². The SMILES string of the molecule is CCOC(=O)/C=C/c1ccccc1-c1cc(C)cc(C)c1. The molecule has 0 aliphatic heterocycles. The van der Waals surface area contributed by atoms with Crippen LogP contribution in [-0.2, 0) is 9.53 Å². The van der Waals surface area contributed by atoms with Crippen molar-refractivity contribution in [3.05, 3.63) is 65.2 Å². The fourth-order valence-corrected chi connectivity index (χ4v) is 2.38. The Morgan fingerprint density at radius 3 is 2.43 bits per heavy atom. The third-order valence-corrected chi connectivity index (χ3v) is 3.18. The Kier molecular flexibility index (Phi) is 4.94. The normalized spacial score (nSPS) is 10.8. The molecule has 2 nitrogen and oxygen atoms in total. The molecule has 0 fully saturated rings. The Bertz CT molecular complexity index is 649. The largest absolute Gasteiger partial charge is 0.463 e. The lowest BCUT2D eigenvalue weighted by molar-refractivity contribution is -0.137. The predicted octanol–water partition coefficient (Wildman–Crippen LogP) is 4.55. The van der Waals surface area contributed by atoms with E-state index in [1.54, 1.807) is 6.92 Å². The van der Waals surface area contributed by atoms with Gasteiger partial charge in [-0.25, -0.2) is 4.79 Å². The van der Waals surface area contributed by atoms with Crippen molar-refractivity contribution in [2.75, 3.05) is 6.61 Å². The topological polar surface area (TPSA) is 26.3 Å². The molecular formula is C19H20O2. The summed E-state index contributed by atoms with van der Waals surface area (Å²) in [5.74, 6) is -0.312. The van der Waals surface area contributed by atoms with Crippen molar-refractivity contribution in [2.45, 2.75) is 20.8 Å². The van der Waals surface area contributed by atoms with Crippen LogP contribution in [0.1, 0.15) is 23.6 Å². The molecule has 0 unspecified atom stereocenters. The summed E-state index contributed by atoms with van der Waals surface area (Å²) in [6, 6.07) is 14.5. The Balaban J connectivity index is 2.39. The van der Waals surface area contributed by atoms with Gasteiger partial charge in [0.1, 0.15) is 0 Å². The molecule has 0 spiro atoms. The molecule has 0 heterocycles. The van der Waals surface area contributed by atoms with Crippen LogP contribution in [0.5, 0.6) is 0 Å². The van der Waals surface area contributed by atoms with Crippen LogP contribution >= 0.6 is 0 Å². The lowest BCUT2D eigenvalue weighted by Gasteiger charge is -2.09. The van der Waals surface area contributed by atoms with E-state index in [9.17, 15) is 4.79 Å². The van der Waals surface area contributed by atoms with Crippen LogP contribution in [0.15, 0.2) is 48.5 Å². The maximum absolute atomic E-state index is 11.5. The first-order valence-corrected chi connectivity index (χ1v) is 7.12. The minimum absolute atomic E-state index is 0.312. The molecule has 2 aromatic carbocycles. The van der Waals surface area contributed by atoms with Crippen molar-refractivity contribution < 1.29 is 9.53 Å². The van der Waals surface area contributed by atoms with Crippen LogP contribution in [0.2, 0.25) is 0 Å². The highest BCUT2D eigenvalue weighted by Crippen LogP contribution is 2.26. The van der Waals surface area contributed by atoms with Gasteiger partial charge >= 0.3 is 5.97 Å². The number of rotatable bonds is 4. The maximum atomic E-state index is 11.5. The van der Waals surface area contributed by atoms with Crippen molar-refractivity contribution in [1.29, 1.82) is 0 Å². The fourth-order valence-electron chi connectivity index (χ4n) is 2.38. The van der Waals surface area contributed by atoms with E-state index in [0.29, 0.717) is 6.61 Å². The molecule has 0 aromatic heterocycles. The van der Waals surface area contributed by atoms with Gasteiger partial charge in [-0.15, -0.1) is 0 Å². The Morgan fingerprint density at radius 1 is 1.10 bits per heavy atom. The zero-order valence-electron chi connectivity index (χ0n) is 12.7. The first-order chi connectivity index (χ1) is 10.1. The molecule has 21 heavy (non-hydrogen) atoms. The lowest BCUT2D eigenvalue weighted by atomic mass is 9.96. The van der Waals surface area contributed by atoms with E-state index in [-0.39, 0.29) is 5.97 Å². The van der Waals surface area contributed by atoms with Crippen molar-refractivity contribution in [2.24, 2.45) is 0 Å². The summed E-state index contributed by atoms with van der Waals surface area (Å²) < 4.78 is 4.92. The first kappa shape index (κ1) is 15.0. The average Bonchev–Trinajstić information content (AvgIpc) is 2.45. The number of hydrogen-bond acceptors (Lipinski definition) is 2. The summed E-state index contributed by atoms with van der Waals surface area (Å²) in [6.45, 7) is 6.37. The molecule has 0 atom stereocenters. The minimum atomic E-state index is -0.312. The van der Waals surface area contributed by atoms with Gasteiger partial charge in [-0.3, -0.25) is 0 Å². The number of carbonyl (C=O) groups excluding carboxylic acids is 1. The molecule has 0 saturated carbocycles. The van der Waals surface area contributed by atoms with Gasteiger partial charge < -0.3 is 4.74 Å². The van der Waals surface area contributed by atoms with E-state index >= 15 is 0 Å². The Hall–Kier alpha value is -2.35. The fraction of sp³-hybridized carbons (Fsp3) is 0.211. The molecule has 0 amide bonds. The molecule has 2 rings (SSSR count). The third-order valence-electron chi connectivity index (χ3n) is 3.18. The van der Waals surface area contributed by atoms with Gasteiger partial charge in [0.2, 0.25) is 0 Å². The van der Waals surface area contributed by atoms with E-state index in [0.717, 1.165) is 16.7 Å². The first-order valence-electron chi connectivity index (χ1n) is 7.12. The van der Waals surface area contributed by atoms with Crippen molar-refractivity contribution in [3.63, 3.8) is 0 Å². The maximum Gasteiger partial charge on any atom is 0.330 e. The van der Waals surface area contributed by atoms with Gasteiger partial charge in [-0.1, -0.05) is 53.6 Å². The molecule has 0 saturated heterocycles. The smallest absolute Gasteiger partial charge is 0.330 e. The van der Waals surface area contributed by atoms with Crippen LogP contribution in [-0.4, -0.2) is 12.6 Å². The predicted molar refractivity (Wildman–Crippen MR) is 87.0 cm³/mol. The van der Waals surface area contributed by atoms with Gasteiger partial charge in [-0.05, 0) is 43.5 Å². The van der Waals surface area contributed by atoms with Crippen LogP contribution in [0.25, 0.3) is 17.2 Å². The summed E-state index contributed by atoms with van der Waals surface area (Å²) in [6.07, 6.45) is 3.29. The zero-order valence-corrected chi connectivity index (χ0v) is 12.7. The highest BCUT2D eigenvalue weighted by Gasteiger charge is 2.04. The average molecular weight is 280 g/mol. The molecular weight excluding hydrogens is 260 g/mol. The van der Waals surface area contributed by atoms with Crippen LogP contribution in [0.4, 0.5) is 0 Å². The summed E-state index contributed by atoms with van der Waals surface area (Å²) >= 11 is 0. The zero-order chi connectivity index (χ0) is 15.2. The molecule has 0 aliphatic rings. The monoisotopic (exact) mass is 280 g/mol. The summed E-state index contributed by atoms with van der Waals surface area (Å²) in [5.41, 5.74) is 5.75. The van der Waals surface area contributed by atoms with Gasteiger partial charge in [0.05, 0.1) is 6.61 Å². The molecule has 108 valence electrons. The molecule has 0 radical (unpaired) electrons. The van der Waals surface area contributed by atoms with E-state index in [1.165, 1.54) is 17.2 Å². The van der Waals surface area contributed by atoms with Crippen LogP contribution in [0, 0.1) is 13.8 Å². The number of aryl methyl sites for hydroxylation is 2.